The molecule has 2 aromatic carbocycles. The topological polar surface area (TPSA) is 78.5 Å². The molecule has 6 nitrogen and oxygen atoms in total. The molecular weight excluding hydrogens is 409 g/mol. The van der Waals surface area contributed by atoms with Crippen molar-refractivity contribution in [3.8, 4) is 0 Å². The zero-order valence-corrected chi connectivity index (χ0v) is 17.5. The van der Waals surface area contributed by atoms with Crippen molar-refractivity contribution in [2.75, 3.05) is 27.7 Å². The summed E-state index contributed by atoms with van der Waals surface area (Å²) in [4.78, 5) is 14.3. The first kappa shape index (κ1) is 21.7. The fraction of sp³-hybridized carbons (Fsp3) is 0.278. The minimum absolute atomic E-state index is 0.0446. The number of hydrogen-bond acceptors (Lipinski definition) is 4. The summed E-state index contributed by atoms with van der Waals surface area (Å²) in [6.07, 6.45) is 0. The highest BCUT2D eigenvalue weighted by Crippen LogP contribution is 2.26. The van der Waals surface area contributed by atoms with Crippen LogP contribution in [-0.4, -0.2) is 46.9 Å². The first-order valence-corrected chi connectivity index (χ1v) is 10.3. The number of nitrogens with zero attached hydrogens (tertiary/aromatic N) is 1. The maximum absolute atomic E-state index is 12.5. The zero-order chi connectivity index (χ0) is 20.2. The fourth-order valence-corrected chi connectivity index (χ4v) is 4.08. The van der Waals surface area contributed by atoms with Crippen molar-refractivity contribution in [3.05, 3.63) is 63.6 Å². The van der Waals surface area contributed by atoms with Gasteiger partial charge in [0.1, 0.15) is 4.90 Å². The van der Waals surface area contributed by atoms with Gasteiger partial charge in [-0.15, -0.1) is 0 Å². The summed E-state index contributed by atoms with van der Waals surface area (Å²) in [5, 5.41) is 3.48. The molecule has 0 saturated heterocycles. The lowest BCUT2D eigenvalue weighted by molar-refractivity contribution is 0.0941. The molecule has 0 aliphatic carbocycles. The largest absolute Gasteiger partial charge is 0.350 e. The van der Waals surface area contributed by atoms with E-state index in [1.54, 1.807) is 6.07 Å². The highest BCUT2D eigenvalue weighted by molar-refractivity contribution is 7.89. The summed E-state index contributed by atoms with van der Waals surface area (Å²) in [6, 6.07) is 11.4. The van der Waals surface area contributed by atoms with Gasteiger partial charge in [0.2, 0.25) is 10.0 Å². The van der Waals surface area contributed by atoms with E-state index in [4.69, 9.17) is 23.2 Å². The zero-order valence-electron chi connectivity index (χ0n) is 15.2. The third-order valence-electron chi connectivity index (χ3n) is 4.10. The molecular formula is C18H21Cl2N3O3S. The average molecular weight is 430 g/mol. The van der Waals surface area contributed by atoms with Gasteiger partial charge < -0.3 is 10.2 Å². The Morgan fingerprint density at radius 3 is 2.37 bits per heavy atom. The van der Waals surface area contributed by atoms with Crippen LogP contribution < -0.4 is 10.0 Å². The summed E-state index contributed by atoms with van der Waals surface area (Å²) in [6.45, 7) is 0.298. The first-order chi connectivity index (χ1) is 12.7. The average Bonchev–Trinajstić information content (AvgIpc) is 2.63. The summed E-state index contributed by atoms with van der Waals surface area (Å²) in [5.41, 5.74) is 1.09. The number of halogens is 2. The minimum Gasteiger partial charge on any atom is -0.350 e. The van der Waals surface area contributed by atoms with Crippen molar-refractivity contribution in [2.24, 2.45) is 0 Å². The van der Waals surface area contributed by atoms with E-state index in [0.29, 0.717) is 11.6 Å². The molecule has 1 amide bonds. The molecule has 1 atom stereocenters. The molecule has 0 spiro atoms. The standard InChI is InChI=1S/C18H21Cl2N3O3S/c1-21-27(25,26)17-10-12(8-9-15(17)20)18(24)22-11-16(23(2)3)13-6-4-5-7-14(13)19/h4-10,16,21H,11H2,1-3H3,(H,22,24)/t16-/m1/s1. The lowest BCUT2D eigenvalue weighted by Gasteiger charge is -2.26. The first-order valence-electron chi connectivity index (χ1n) is 8.09. The van der Waals surface area contributed by atoms with Crippen molar-refractivity contribution < 1.29 is 13.2 Å². The highest BCUT2D eigenvalue weighted by atomic mass is 35.5. The van der Waals surface area contributed by atoms with Crippen molar-refractivity contribution >= 4 is 39.1 Å². The smallest absolute Gasteiger partial charge is 0.251 e. The van der Waals surface area contributed by atoms with Crippen LogP contribution in [-0.2, 0) is 10.0 Å². The van der Waals surface area contributed by atoms with Crippen LogP contribution in [0.25, 0.3) is 0 Å². The van der Waals surface area contributed by atoms with Gasteiger partial charge >= 0.3 is 0 Å². The maximum Gasteiger partial charge on any atom is 0.251 e. The number of nitrogens with one attached hydrogen (secondary N) is 2. The normalized spacial score (nSPS) is 12.8. The molecule has 2 aromatic rings. The molecule has 0 heterocycles. The summed E-state index contributed by atoms with van der Waals surface area (Å²) < 4.78 is 26.2. The van der Waals surface area contributed by atoms with E-state index >= 15 is 0 Å². The van der Waals surface area contributed by atoms with E-state index < -0.39 is 15.9 Å². The number of likely N-dealkylation sites (N-methyl/N-ethyl adjacent to an activating group) is 1. The van der Waals surface area contributed by atoms with Gasteiger partial charge in [0.15, 0.2) is 0 Å². The van der Waals surface area contributed by atoms with Crippen molar-refractivity contribution in [3.63, 3.8) is 0 Å². The lowest BCUT2D eigenvalue weighted by Crippen LogP contribution is -2.34. The molecule has 146 valence electrons. The van der Waals surface area contributed by atoms with Gasteiger partial charge in [-0.1, -0.05) is 41.4 Å². The SMILES string of the molecule is CNS(=O)(=O)c1cc(C(=O)NC[C@H](c2ccccc2Cl)N(C)C)ccc1Cl. The summed E-state index contributed by atoms with van der Waals surface area (Å²) in [7, 11) is 1.29. The van der Waals surface area contributed by atoms with Crippen LogP contribution in [0.1, 0.15) is 22.0 Å². The van der Waals surface area contributed by atoms with E-state index in [9.17, 15) is 13.2 Å². The van der Waals surface area contributed by atoms with E-state index in [2.05, 4.69) is 10.0 Å². The molecule has 0 aliphatic heterocycles. The van der Waals surface area contributed by atoms with Crippen molar-refractivity contribution in [1.82, 2.24) is 14.9 Å². The van der Waals surface area contributed by atoms with E-state index in [1.807, 2.05) is 37.2 Å². The van der Waals surface area contributed by atoms with Crippen LogP contribution in [0.5, 0.6) is 0 Å². The van der Waals surface area contributed by atoms with Gasteiger partial charge in [-0.2, -0.15) is 0 Å². The highest BCUT2D eigenvalue weighted by Gasteiger charge is 2.21. The van der Waals surface area contributed by atoms with Gasteiger partial charge in [0, 0.05) is 17.1 Å². The van der Waals surface area contributed by atoms with Crippen LogP contribution >= 0.6 is 23.2 Å². The van der Waals surface area contributed by atoms with Crippen LogP contribution in [0, 0.1) is 0 Å². The Morgan fingerprint density at radius 2 is 1.78 bits per heavy atom. The number of sulfonamides is 1. The molecule has 9 heteroatoms. The number of rotatable bonds is 7. The van der Waals surface area contributed by atoms with Gasteiger partial charge in [0.25, 0.3) is 5.91 Å². The number of hydrogen-bond donors (Lipinski definition) is 2. The van der Waals surface area contributed by atoms with Crippen LogP contribution in [0.2, 0.25) is 10.0 Å². The molecule has 2 N–H and O–H groups in total. The van der Waals surface area contributed by atoms with Gasteiger partial charge in [-0.25, -0.2) is 13.1 Å². The second kappa shape index (κ2) is 9.03. The summed E-state index contributed by atoms with van der Waals surface area (Å²) in [5.74, 6) is -0.405. The molecule has 0 bridgehead atoms. The third kappa shape index (κ3) is 5.21. The molecule has 2 rings (SSSR count). The maximum atomic E-state index is 12.5. The molecule has 0 saturated carbocycles. The van der Waals surface area contributed by atoms with Crippen molar-refractivity contribution in [2.45, 2.75) is 10.9 Å². The minimum atomic E-state index is -3.77. The van der Waals surface area contributed by atoms with E-state index in [1.165, 1.54) is 25.2 Å². The Labute approximate surface area is 169 Å². The van der Waals surface area contributed by atoms with Crippen LogP contribution in [0.15, 0.2) is 47.4 Å². The Morgan fingerprint density at radius 1 is 1.11 bits per heavy atom. The fourth-order valence-electron chi connectivity index (χ4n) is 2.57. The van der Waals surface area contributed by atoms with Crippen LogP contribution in [0.4, 0.5) is 0 Å². The number of amides is 1. The van der Waals surface area contributed by atoms with E-state index in [0.717, 1.165) is 5.56 Å². The lowest BCUT2D eigenvalue weighted by atomic mass is 10.1. The number of carbonyl (C=O) groups excluding carboxylic acids is 1. The Hall–Kier alpha value is -1.64. The number of carbonyl (C=O) groups is 1. The monoisotopic (exact) mass is 429 g/mol. The van der Waals surface area contributed by atoms with Crippen molar-refractivity contribution in [1.29, 1.82) is 0 Å². The molecule has 0 unspecified atom stereocenters. The molecule has 0 fully saturated rings. The molecule has 0 aromatic heterocycles. The third-order valence-corrected chi connectivity index (χ3v) is 6.34. The Bertz CT molecular complexity index is 933. The van der Waals surface area contributed by atoms with Gasteiger partial charge in [-0.3, -0.25) is 4.79 Å². The Balaban J connectivity index is 2.22. The molecule has 27 heavy (non-hydrogen) atoms. The summed E-state index contributed by atoms with van der Waals surface area (Å²) >= 11 is 12.2. The quantitative estimate of drug-likeness (QED) is 0.708. The molecule has 0 aliphatic rings. The van der Waals surface area contributed by atoms with Gasteiger partial charge in [-0.05, 0) is 51.0 Å². The number of benzene rings is 2. The predicted molar refractivity (Wildman–Crippen MR) is 108 cm³/mol. The predicted octanol–water partition coefficient (Wildman–Crippen LogP) is 2.93. The molecule has 0 radical (unpaired) electrons. The Kier molecular flexibility index (Phi) is 7.25. The van der Waals surface area contributed by atoms with Gasteiger partial charge in [0.05, 0.1) is 11.1 Å². The van der Waals surface area contributed by atoms with Crippen LogP contribution in [0.3, 0.4) is 0 Å². The second-order valence-electron chi connectivity index (χ2n) is 6.06. The second-order valence-corrected chi connectivity index (χ2v) is 8.73. The van der Waals surface area contributed by atoms with E-state index in [-0.39, 0.29) is 21.5 Å².